The van der Waals surface area contributed by atoms with Crippen LogP contribution in [0.3, 0.4) is 0 Å². The van der Waals surface area contributed by atoms with Gasteiger partial charge >= 0.3 is 0 Å². The molecule has 0 aliphatic heterocycles. The van der Waals surface area contributed by atoms with Gasteiger partial charge in [-0.25, -0.2) is 0 Å². The molecule has 1 saturated carbocycles. The minimum atomic E-state index is -1.73. The number of nitriles is 4. The van der Waals surface area contributed by atoms with Gasteiger partial charge in [-0.05, 0) is 17.7 Å². The minimum absolute atomic E-state index is 0.236. The van der Waals surface area contributed by atoms with Crippen LogP contribution in [0, 0.1) is 56.2 Å². The topological polar surface area (TPSA) is 95.2 Å². The maximum atomic E-state index is 9.21. The lowest BCUT2D eigenvalue weighted by Crippen LogP contribution is -2.05. The first-order chi connectivity index (χ1) is 9.04. The summed E-state index contributed by atoms with van der Waals surface area (Å²) in [5.74, 6) is -0.925. The molecule has 0 amide bonds. The predicted octanol–water partition coefficient (Wildman–Crippen LogP) is 3.16. The Morgan fingerprint density at radius 3 is 1.53 bits per heavy atom. The lowest BCUT2D eigenvalue weighted by molar-refractivity contribution is 0.727. The Bertz CT molecular complexity index is 641. The fraction of sp³-hybridized carbons (Fsp3) is 0.231. The van der Waals surface area contributed by atoms with E-state index in [0.29, 0.717) is 5.56 Å². The van der Waals surface area contributed by atoms with Crippen molar-refractivity contribution in [3.8, 4) is 24.3 Å². The number of hydrogen-bond donors (Lipinski definition) is 0. The zero-order chi connectivity index (χ0) is 14.3. The van der Waals surface area contributed by atoms with Gasteiger partial charge in [-0.3, -0.25) is 0 Å². The average Bonchev–Trinajstić information content (AvgIpc) is 3.01. The molecule has 1 fully saturated rings. The summed E-state index contributed by atoms with van der Waals surface area (Å²) >= 11 is 12.0. The molecule has 1 aliphatic carbocycles. The van der Waals surface area contributed by atoms with Crippen LogP contribution in [0.15, 0.2) is 18.2 Å². The van der Waals surface area contributed by atoms with Crippen molar-refractivity contribution >= 4 is 23.2 Å². The van der Waals surface area contributed by atoms with Crippen LogP contribution in [-0.4, -0.2) is 0 Å². The molecule has 1 aliphatic rings. The summed E-state index contributed by atoms with van der Waals surface area (Å²) in [5.41, 5.74) is -3.16. The lowest BCUT2D eigenvalue weighted by atomic mass is 9.98. The zero-order valence-electron chi connectivity index (χ0n) is 9.35. The van der Waals surface area contributed by atoms with Crippen molar-refractivity contribution in [2.45, 2.75) is 5.92 Å². The maximum Gasteiger partial charge on any atom is 0.185 e. The maximum absolute atomic E-state index is 9.21. The predicted molar refractivity (Wildman–Crippen MR) is 66.5 cm³/mol. The van der Waals surface area contributed by atoms with Crippen molar-refractivity contribution in [1.82, 2.24) is 0 Å². The monoisotopic (exact) mass is 286 g/mol. The smallest absolute Gasteiger partial charge is 0.185 e. The number of hydrogen-bond acceptors (Lipinski definition) is 4. The first-order valence-corrected chi connectivity index (χ1v) is 5.89. The number of rotatable bonds is 1. The Balaban J connectivity index is 2.74. The zero-order valence-corrected chi connectivity index (χ0v) is 10.9. The third-order valence-electron chi connectivity index (χ3n) is 3.40. The van der Waals surface area contributed by atoms with Crippen LogP contribution in [0.1, 0.15) is 11.5 Å². The SMILES string of the molecule is N#CC1(C#N)C(c2c(Cl)cccc2Cl)C1(C#N)C#N. The van der Waals surface area contributed by atoms with Crippen LogP contribution in [0.25, 0.3) is 0 Å². The molecule has 6 heteroatoms. The largest absolute Gasteiger partial charge is 0.196 e. The first kappa shape index (κ1) is 13.2. The Kier molecular flexibility index (Phi) is 2.88. The van der Waals surface area contributed by atoms with Crippen LogP contribution in [-0.2, 0) is 0 Å². The molecule has 0 atom stereocenters. The molecule has 0 saturated heterocycles. The molecule has 4 nitrogen and oxygen atoms in total. The van der Waals surface area contributed by atoms with Crippen molar-refractivity contribution in [3.05, 3.63) is 33.8 Å². The number of nitrogens with zero attached hydrogens (tertiary/aromatic N) is 4. The molecule has 0 spiro atoms. The molecule has 2 rings (SSSR count). The molecule has 0 unspecified atom stereocenters. The van der Waals surface area contributed by atoms with E-state index in [2.05, 4.69) is 0 Å². The van der Waals surface area contributed by atoms with E-state index in [1.54, 1.807) is 42.5 Å². The van der Waals surface area contributed by atoms with Gasteiger partial charge in [0, 0.05) is 10.0 Å². The van der Waals surface area contributed by atoms with Crippen LogP contribution in [0.4, 0.5) is 0 Å². The van der Waals surface area contributed by atoms with Gasteiger partial charge < -0.3 is 0 Å². The van der Waals surface area contributed by atoms with Gasteiger partial charge in [0.2, 0.25) is 0 Å². The minimum Gasteiger partial charge on any atom is -0.196 e. The summed E-state index contributed by atoms with van der Waals surface area (Å²) in [5, 5.41) is 37.3. The van der Waals surface area contributed by atoms with Gasteiger partial charge in [-0.1, -0.05) is 29.3 Å². The van der Waals surface area contributed by atoms with Gasteiger partial charge in [0.05, 0.1) is 30.2 Å². The molecule has 0 radical (unpaired) electrons. The first-order valence-electron chi connectivity index (χ1n) is 5.13. The normalized spacial score (nSPS) is 18.4. The Hall–Kier alpha value is -2.24. The van der Waals surface area contributed by atoms with E-state index in [1.807, 2.05) is 0 Å². The van der Waals surface area contributed by atoms with Crippen molar-refractivity contribution in [2.75, 3.05) is 0 Å². The molecular formula is C13H4Cl2N4. The van der Waals surface area contributed by atoms with Crippen LogP contribution >= 0.6 is 23.2 Å². The number of halogens is 2. The third-order valence-corrected chi connectivity index (χ3v) is 4.06. The van der Waals surface area contributed by atoms with Gasteiger partial charge in [-0.15, -0.1) is 0 Å². The Labute approximate surface area is 119 Å². The fourth-order valence-electron chi connectivity index (χ4n) is 2.36. The molecule has 0 bridgehead atoms. The average molecular weight is 287 g/mol. The Morgan fingerprint density at radius 2 is 1.21 bits per heavy atom. The van der Waals surface area contributed by atoms with Crippen molar-refractivity contribution < 1.29 is 0 Å². The molecule has 0 aromatic heterocycles. The highest BCUT2D eigenvalue weighted by molar-refractivity contribution is 6.36. The summed E-state index contributed by atoms with van der Waals surface area (Å²) in [6, 6.07) is 11.8. The Morgan fingerprint density at radius 1 is 0.842 bits per heavy atom. The summed E-state index contributed by atoms with van der Waals surface area (Å²) in [6.45, 7) is 0. The highest BCUT2D eigenvalue weighted by Crippen LogP contribution is 2.74. The summed E-state index contributed by atoms with van der Waals surface area (Å²) in [7, 11) is 0. The van der Waals surface area contributed by atoms with E-state index in [0.717, 1.165) is 0 Å². The molecule has 1 aromatic rings. The van der Waals surface area contributed by atoms with Gasteiger partial charge in [0.1, 0.15) is 0 Å². The van der Waals surface area contributed by atoms with Crippen molar-refractivity contribution in [3.63, 3.8) is 0 Å². The van der Waals surface area contributed by atoms with E-state index in [1.165, 1.54) is 0 Å². The van der Waals surface area contributed by atoms with Crippen LogP contribution < -0.4 is 0 Å². The van der Waals surface area contributed by atoms with E-state index in [9.17, 15) is 21.0 Å². The number of benzene rings is 1. The third kappa shape index (κ3) is 1.36. The van der Waals surface area contributed by atoms with Crippen molar-refractivity contribution in [1.29, 1.82) is 21.0 Å². The van der Waals surface area contributed by atoms with E-state index >= 15 is 0 Å². The standard InChI is InChI=1S/C13H4Cl2N4/c14-8-2-1-3-9(15)10(8)11-12(4-16,5-17)13(11,6-18)7-19/h1-3,11H. The molecule has 1 aromatic carbocycles. The molecule has 0 N–H and O–H groups in total. The molecular weight excluding hydrogens is 283 g/mol. The van der Waals surface area contributed by atoms with E-state index < -0.39 is 16.7 Å². The van der Waals surface area contributed by atoms with Crippen LogP contribution in [0.5, 0.6) is 0 Å². The second-order valence-corrected chi connectivity index (χ2v) is 4.95. The fourth-order valence-corrected chi connectivity index (χ4v) is 2.97. The van der Waals surface area contributed by atoms with Crippen molar-refractivity contribution in [2.24, 2.45) is 10.8 Å². The lowest BCUT2D eigenvalue weighted by Gasteiger charge is -2.05. The summed E-state index contributed by atoms with van der Waals surface area (Å²) in [6.07, 6.45) is 0. The van der Waals surface area contributed by atoms with E-state index in [-0.39, 0.29) is 10.0 Å². The quantitative estimate of drug-likeness (QED) is 0.792. The highest BCUT2D eigenvalue weighted by Gasteiger charge is 2.82. The summed E-state index contributed by atoms with van der Waals surface area (Å²) < 4.78 is 0. The second kappa shape index (κ2) is 4.15. The van der Waals surface area contributed by atoms with Gasteiger partial charge in [-0.2, -0.15) is 21.0 Å². The van der Waals surface area contributed by atoms with E-state index in [4.69, 9.17) is 23.2 Å². The van der Waals surface area contributed by atoms with Crippen LogP contribution in [0.2, 0.25) is 10.0 Å². The second-order valence-electron chi connectivity index (χ2n) is 4.13. The van der Waals surface area contributed by atoms with Gasteiger partial charge in [0.15, 0.2) is 10.8 Å². The highest BCUT2D eigenvalue weighted by atomic mass is 35.5. The summed E-state index contributed by atoms with van der Waals surface area (Å²) in [4.78, 5) is 0. The molecule has 0 heterocycles. The molecule has 19 heavy (non-hydrogen) atoms. The molecule has 90 valence electrons. The van der Waals surface area contributed by atoms with Gasteiger partial charge in [0.25, 0.3) is 0 Å².